The molecular weight excluding hydrogens is 232 g/mol. The third-order valence-corrected chi connectivity index (χ3v) is 3.44. The highest BCUT2D eigenvalue weighted by atomic mass is 19.1. The smallest absolute Gasteiger partial charge is 0.131 e. The van der Waals surface area contributed by atoms with Gasteiger partial charge in [0.2, 0.25) is 0 Å². The van der Waals surface area contributed by atoms with Crippen molar-refractivity contribution in [3.63, 3.8) is 0 Å². The predicted molar refractivity (Wildman–Crippen MR) is 67.6 cm³/mol. The van der Waals surface area contributed by atoms with Gasteiger partial charge in [-0.2, -0.15) is 0 Å². The Morgan fingerprint density at radius 3 is 2.72 bits per heavy atom. The normalized spacial score (nSPS) is 17.4. The van der Waals surface area contributed by atoms with E-state index in [1.54, 1.807) is 0 Å². The Morgan fingerprint density at radius 1 is 1.17 bits per heavy atom. The molecule has 1 heterocycles. The second-order valence-electron chi connectivity index (χ2n) is 4.68. The zero-order chi connectivity index (χ0) is 12.7. The van der Waals surface area contributed by atoms with E-state index in [1.807, 2.05) is 25.1 Å². The standard InChI is InChI=1S/C15H13F2N/c1-9-3-2-4-10-7-14(18-15(9)10)12-6-5-11(16)8-13(12)17/h2-6,8,14,18H,7H2,1H3. The van der Waals surface area contributed by atoms with Gasteiger partial charge in [-0.3, -0.25) is 0 Å². The molecular formula is C15H13F2N. The first kappa shape index (κ1) is 11.2. The second kappa shape index (κ2) is 4.09. The quantitative estimate of drug-likeness (QED) is 0.801. The summed E-state index contributed by atoms with van der Waals surface area (Å²) in [5, 5.41) is 3.32. The molecule has 0 spiro atoms. The minimum atomic E-state index is -0.539. The summed E-state index contributed by atoms with van der Waals surface area (Å²) in [6.07, 6.45) is 0.736. The van der Waals surface area contributed by atoms with Crippen LogP contribution < -0.4 is 5.32 Å². The third kappa shape index (κ3) is 1.76. The third-order valence-electron chi connectivity index (χ3n) is 3.44. The van der Waals surface area contributed by atoms with Crippen molar-refractivity contribution in [1.82, 2.24) is 0 Å². The molecule has 1 N–H and O–H groups in total. The minimum absolute atomic E-state index is 0.110. The van der Waals surface area contributed by atoms with E-state index in [4.69, 9.17) is 0 Å². The van der Waals surface area contributed by atoms with Crippen molar-refractivity contribution in [3.8, 4) is 0 Å². The van der Waals surface area contributed by atoms with Crippen LogP contribution in [0.3, 0.4) is 0 Å². The van der Waals surface area contributed by atoms with Gasteiger partial charge < -0.3 is 5.32 Å². The van der Waals surface area contributed by atoms with Crippen LogP contribution in [0.4, 0.5) is 14.5 Å². The lowest BCUT2D eigenvalue weighted by atomic mass is 10.0. The molecule has 2 aromatic carbocycles. The number of halogens is 2. The first-order chi connectivity index (χ1) is 8.65. The lowest BCUT2D eigenvalue weighted by Crippen LogP contribution is -2.08. The highest BCUT2D eigenvalue weighted by molar-refractivity contribution is 5.62. The first-order valence-electron chi connectivity index (χ1n) is 5.95. The van der Waals surface area contributed by atoms with Crippen molar-refractivity contribution in [1.29, 1.82) is 0 Å². The topological polar surface area (TPSA) is 12.0 Å². The van der Waals surface area contributed by atoms with Crippen LogP contribution in [0.1, 0.15) is 22.7 Å². The average molecular weight is 245 g/mol. The number of nitrogens with one attached hydrogen (secondary N) is 1. The number of benzene rings is 2. The molecule has 3 heteroatoms. The highest BCUT2D eigenvalue weighted by Crippen LogP contribution is 2.36. The molecule has 3 rings (SSSR count). The van der Waals surface area contributed by atoms with Crippen LogP contribution in [0.5, 0.6) is 0 Å². The van der Waals surface area contributed by atoms with Crippen molar-refractivity contribution >= 4 is 5.69 Å². The van der Waals surface area contributed by atoms with Crippen LogP contribution in [-0.2, 0) is 6.42 Å². The predicted octanol–water partition coefficient (Wildman–Crippen LogP) is 3.98. The molecule has 0 saturated heterocycles. The van der Waals surface area contributed by atoms with E-state index in [0.717, 1.165) is 23.7 Å². The molecule has 1 nitrogen and oxygen atoms in total. The molecule has 1 aliphatic rings. The van der Waals surface area contributed by atoms with Crippen LogP contribution in [0, 0.1) is 18.6 Å². The van der Waals surface area contributed by atoms with Crippen molar-refractivity contribution < 1.29 is 8.78 Å². The number of hydrogen-bond acceptors (Lipinski definition) is 1. The van der Waals surface area contributed by atoms with E-state index in [-0.39, 0.29) is 6.04 Å². The van der Waals surface area contributed by atoms with Gasteiger partial charge in [-0.05, 0) is 30.5 Å². The molecule has 0 saturated carbocycles. The summed E-state index contributed by atoms with van der Waals surface area (Å²) in [6, 6.07) is 9.71. The monoisotopic (exact) mass is 245 g/mol. The molecule has 0 amide bonds. The van der Waals surface area contributed by atoms with Crippen LogP contribution in [0.15, 0.2) is 36.4 Å². The SMILES string of the molecule is Cc1cccc2c1NC(c1ccc(F)cc1F)C2. The Balaban J connectivity index is 1.96. The average Bonchev–Trinajstić information content (AvgIpc) is 2.74. The summed E-state index contributed by atoms with van der Waals surface area (Å²) in [6.45, 7) is 2.02. The summed E-state index contributed by atoms with van der Waals surface area (Å²) < 4.78 is 26.6. The number of rotatable bonds is 1. The van der Waals surface area contributed by atoms with E-state index < -0.39 is 11.6 Å². The number of fused-ring (bicyclic) bond motifs is 1. The van der Waals surface area contributed by atoms with Crippen molar-refractivity contribution in [3.05, 3.63) is 64.7 Å². The second-order valence-corrected chi connectivity index (χ2v) is 4.68. The lowest BCUT2D eigenvalue weighted by Gasteiger charge is -2.13. The minimum Gasteiger partial charge on any atom is -0.377 e. The Labute approximate surface area is 104 Å². The summed E-state index contributed by atoms with van der Waals surface area (Å²) in [5.74, 6) is -1.03. The maximum Gasteiger partial charge on any atom is 0.131 e. The Hall–Kier alpha value is -1.90. The van der Waals surface area contributed by atoms with Gasteiger partial charge >= 0.3 is 0 Å². The zero-order valence-corrected chi connectivity index (χ0v) is 10.0. The van der Waals surface area contributed by atoms with Crippen LogP contribution >= 0.6 is 0 Å². The van der Waals surface area contributed by atoms with E-state index in [0.29, 0.717) is 5.56 Å². The number of anilines is 1. The zero-order valence-electron chi connectivity index (χ0n) is 10.0. The van der Waals surface area contributed by atoms with E-state index in [1.165, 1.54) is 17.7 Å². The summed E-state index contributed by atoms with van der Waals surface area (Å²) in [4.78, 5) is 0. The molecule has 1 aliphatic heterocycles. The number of hydrogen-bond donors (Lipinski definition) is 1. The maximum absolute atomic E-state index is 13.7. The summed E-state index contributed by atoms with van der Waals surface area (Å²) in [7, 11) is 0. The molecule has 1 atom stereocenters. The van der Waals surface area contributed by atoms with Gasteiger partial charge in [-0.1, -0.05) is 24.3 Å². The van der Waals surface area contributed by atoms with E-state index >= 15 is 0 Å². The molecule has 0 fully saturated rings. The number of para-hydroxylation sites is 1. The van der Waals surface area contributed by atoms with Gasteiger partial charge in [0.1, 0.15) is 11.6 Å². The summed E-state index contributed by atoms with van der Waals surface area (Å²) >= 11 is 0. The summed E-state index contributed by atoms with van der Waals surface area (Å²) in [5.41, 5.74) is 3.93. The molecule has 18 heavy (non-hydrogen) atoms. The molecule has 0 radical (unpaired) electrons. The fraction of sp³-hybridized carbons (Fsp3) is 0.200. The van der Waals surface area contributed by atoms with Crippen LogP contribution in [0.25, 0.3) is 0 Å². The van der Waals surface area contributed by atoms with Gasteiger partial charge in [0.25, 0.3) is 0 Å². The van der Waals surface area contributed by atoms with Crippen molar-refractivity contribution in [2.45, 2.75) is 19.4 Å². The molecule has 2 aromatic rings. The number of aryl methyl sites for hydroxylation is 1. The van der Waals surface area contributed by atoms with Gasteiger partial charge in [0.15, 0.2) is 0 Å². The largest absolute Gasteiger partial charge is 0.377 e. The molecule has 0 bridgehead atoms. The molecule has 1 unspecified atom stereocenters. The molecule has 0 aliphatic carbocycles. The first-order valence-corrected chi connectivity index (χ1v) is 5.95. The van der Waals surface area contributed by atoms with Crippen LogP contribution in [-0.4, -0.2) is 0 Å². The van der Waals surface area contributed by atoms with E-state index in [9.17, 15) is 8.78 Å². The fourth-order valence-corrected chi connectivity index (χ4v) is 2.52. The fourth-order valence-electron chi connectivity index (χ4n) is 2.52. The Kier molecular flexibility index (Phi) is 2.54. The molecule has 0 aromatic heterocycles. The highest BCUT2D eigenvalue weighted by Gasteiger charge is 2.25. The van der Waals surface area contributed by atoms with Crippen LogP contribution in [0.2, 0.25) is 0 Å². The van der Waals surface area contributed by atoms with Gasteiger partial charge in [-0.25, -0.2) is 8.78 Å². The van der Waals surface area contributed by atoms with Crippen molar-refractivity contribution in [2.24, 2.45) is 0 Å². The van der Waals surface area contributed by atoms with Gasteiger partial charge in [0.05, 0.1) is 6.04 Å². The Bertz CT molecular complexity index is 607. The lowest BCUT2D eigenvalue weighted by molar-refractivity contribution is 0.563. The van der Waals surface area contributed by atoms with Gasteiger partial charge in [0, 0.05) is 17.3 Å². The van der Waals surface area contributed by atoms with Crippen molar-refractivity contribution in [2.75, 3.05) is 5.32 Å². The van der Waals surface area contributed by atoms with E-state index in [2.05, 4.69) is 5.32 Å². The molecule has 92 valence electrons. The van der Waals surface area contributed by atoms with Gasteiger partial charge in [-0.15, -0.1) is 0 Å². The maximum atomic E-state index is 13.7. The Morgan fingerprint density at radius 2 is 2.00 bits per heavy atom.